The summed E-state index contributed by atoms with van der Waals surface area (Å²) in [5, 5.41) is 1.90. The number of thiophene rings is 1. The summed E-state index contributed by atoms with van der Waals surface area (Å²) in [5.74, 6) is 0.915. The minimum absolute atomic E-state index is 0.0131. The molecule has 1 atom stereocenters. The molecule has 4 rings (SSSR count). The molecule has 2 saturated heterocycles. The number of hydrogen-bond acceptors (Lipinski definition) is 5. The summed E-state index contributed by atoms with van der Waals surface area (Å²) in [6.45, 7) is 3.58. The number of anilines is 1. The van der Waals surface area contributed by atoms with Crippen LogP contribution in [-0.2, 0) is 4.79 Å². The molecule has 0 radical (unpaired) electrons. The number of benzene rings is 1. The Hall–Kier alpha value is -2.54. The Morgan fingerprint density at radius 2 is 1.89 bits per heavy atom. The fraction of sp³-hybridized carbons (Fsp3) is 0.429. The van der Waals surface area contributed by atoms with Gasteiger partial charge in [0.15, 0.2) is 0 Å². The summed E-state index contributed by atoms with van der Waals surface area (Å²) in [5.41, 5.74) is 1.11. The Morgan fingerprint density at radius 3 is 2.61 bits per heavy atom. The van der Waals surface area contributed by atoms with Crippen LogP contribution in [0.5, 0.6) is 5.75 Å². The van der Waals surface area contributed by atoms with Crippen LogP contribution in [0, 0.1) is 0 Å². The van der Waals surface area contributed by atoms with Crippen LogP contribution in [0.3, 0.4) is 0 Å². The number of hydrogen-bond donors (Lipinski definition) is 0. The standard InChI is InChI=1S/C21H25N3O3S/c1-27-17-6-2-5-16(15-17)22-10-12-23(13-11-22)20(25)18-7-3-9-24(18)21(26)19-8-4-14-28-19/h2,4-6,8,14-15,18H,3,7,9-13H2,1H3. The minimum Gasteiger partial charge on any atom is -0.497 e. The molecule has 2 fully saturated rings. The molecule has 2 aliphatic heterocycles. The number of nitrogens with zero attached hydrogens (tertiary/aromatic N) is 3. The predicted octanol–water partition coefficient (Wildman–Crippen LogP) is 2.71. The van der Waals surface area contributed by atoms with Crippen LogP contribution in [0.4, 0.5) is 5.69 Å². The van der Waals surface area contributed by atoms with E-state index in [0.717, 1.165) is 37.4 Å². The zero-order chi connectivity index (χ0) is 19.5. The molecule has 2 aliphatic rings. The smallest absolute Gasteiger partial charge is 0.264 e. The molecule has 28 heavy (non-hydrogen) atoms. The van der Waals surface area contributed by atoms with Crippen molar-refractivity contribution >= 4 is 28.8 Å². The zero-order valence-corrected chi connectivity index (χ0v) is 16.9. The second kappa shape index (κ2) is 8.22. The first-order valence-corrected chi connectivity index (χ1v) is 10.6. The lowest BCUT2D eigenvalue weighted by atomic mass is 10.1. The van der Waals surface area contributed by atoms with E-state index in [0.29, 0.717) is 24.5 Å². The van der Waals surface area contributed by atoms with Gasteiger partial charge in [-0.15, -0.1) is 11.3 Å². The quantitative estimate of drug-likeness (QED) is 0.793. The Morgan fingerprint density at radius 1 is 1.07 bits per heavy atom. The molecule has 3 heterocycles. The van der Waals surface area contributed by atoms with E-state index in [1.165, 1.54) is 11.3 Å². The molecule has 1 aromatic carbocycles. The van der Waals surface area contributed by atoms with Gasteiger partial charge in [0.2, 0.25) is 5.91 Å². The molecule has 0 bridgehead atoms. The number of carbonyl (C=O) groups is 2. The highest BCUT2D eigenvalue weighted by Crippen LogP contribution is 2.26. The third-order valence-electron chi connectivity index (χ3n) is 5.54. The van der Waals surface area contributed by atoms with Crippen molar-refractivity contribution in [3.8, 4) is 5.75 Å². The molecular formula is C21H25N3O3S. The number of piperazine rings is 1. The van der Waals surface area contributed by atoms with Gasteiger partial charge in [0, 0.05) is 44.5 Å². The summed E-state index contributed by atoms with van der Waals surface area (Å²) in [4.78, 5) is 32.5. The van der Waals surface area contributed by atoms with Crippen LogP contribution >= 0.6 is 11.3 Å². The molecule has 0 aliphatic carbocycles. The first kappa shape index (κ1) is 18.8. The van der Waals surface area contributed by atoms with Gasteiger partial charge in [-0.3, -0.25) is 9.59 Å². The van der Waals surface area contributed by atoms with Gasteiger partial charge in [-0.05, 0) is 36.4 Å². The van der Waals surface area contributed by atoms with Crippen LogP contribution < -0.4 is 9.64 Å². The molecule has 0 N–H and O–H groups in total. The van der Waals surface area contributed by atoms with Crippen molar-refractivity contribution in [3.05, 3.63) is 46.7 Å². The van der Waals surface area contributed by atoms with E-state index in [1.54, 1.807) is 12.0 Å². The fourth-order valence-corrected chi connectivity index (χ4v) is 4.69. The summed E-state index contributed by atoms with van der Waals surface area (Å²) >= 11 is 1.44. The van der Waals surface area contributed by atoms with Crippen LogP contribution in [0.25, 0.3) is 0 Å². The lowest BCUT2D eigenvalue weighted by molar-refractivity contribution is -0.135. The Balaban J connectivity index is 1.38. The van der Waals surface area contributed by atoms with Crippen molar-refractivity contribution in [3.63, 3.8) is 0 Å². The molecule has 2 amide bonds. The van der Waals surface area contributed by atoms with Crippen molar-refractivity contribution < 1.29 is 14.3 Å². The molecular weight excluding hydrogens is 374 g/mol. The average molecular weight is 400 g/mol. The lowest BCUT2D eigenvalue weighted by Gasteiger charge is -2.38. The Labute approximate surface area is 169 Å². The SMILES string of the molecule is COc1cccc(N2CCN(C(=O)C3CCCN3C(=O)c3cccs3)CC2)c1. The summed E-state index contributed by atoms with van der Waals surface area (Å²) in [6, 6.07) is 11.4. The van der Waals surface area contributed by atoms with E-state index in [-0.39, 0.29) is 17.9 Å². The third kappa shape index (κ3) is 3.71. The topological polar surface area (TPSA) is 53.1 Å². The van der Waals surface area contributed by atoms with E-state index in [2.05, 4.69) is 11.0 Å². The molecule has 0 spiro atoms. The molecule has 6 nitrogen and oxygen atoms in total. The van der Waals surface area contributed by atoms with Crippen molar-refractivity contribution in [2.45, 2.75) is 18.9 Å². The monoisotopic (exact) mass is 399 g/mol. The highest BCUT2D eigenvalue weighted by atomic mass is 32.1. The molecule has 2 aromatic rings. The zero-order valence-electron chi connectivity index (χ0n) is 16.0. The predicted molar refractivity (Wildman–Crippen MR) is 110 cm³/mol. The van der Waals surface area contributed by atoms with Gasteiger partial charge >= 0.3 is 0 Å². The first-order chi connectivity index (χ1) is 13.7. The average Bonchev–Trinajstić information content (AvgIpc) is 3.45. The maximum absolute atomic E-state index is 13.1. The molecule has 0 saturated carbocycles. The molecule has 1 aromatic heterocycles. The van der Waals surface area contributed by atoms with Crippen molar-refractivity contribution in [1.29, 1.82) is 0 Å². The second-order valence-electron chi connectivity index (χ2n) is 7.15. The van der Waals surface area contributed by atoms with Crippen LogP contribution in [0.15, 0.2) is 41.8 Å². The largest absolute Gasteiger partial charge is 0.497 e. The Bertz CT molecular complexity index is 831. The summed E-state index contributed by atoms with van der Waals surface area (Å²) in [7, 11) is 1.67. The normalized spacial score (nSPS) is 19.8. The number of carbonyl (C=O) groups excluding carboxylic acids is 2. The van der Waals surface area contributed by atoms with Gasteiger partial charge < -0.3 is 19.4 Å². The maximum Gasteiger partial charge on any atom is 0.264 e. The third-order valence-corrected chi connectivity index (χ3v) is 6.40. The van der Waals surface area contributed by atoms with Gasteiger partial charge in [-0.2, -0.15) is 0 Å². The summed E-state index contributed by atoms with van der Waals surface area (Å²) < 4.78 is 5.31. The Kier molecular flexibility index (Phi) is 5.52. The van der Waals surface area contributed by atoms with Crippen molar-refractivity contribution in [2.75, 3.05) is 44.7 Å². The number of rotatable bonds is 4. The van der Waals surface area contributed by atoms with E-state index in [9.17, 15) is 9.59 Å². The van der Waals surface area contributed by atoms with Crippen LogP contribution in [0.1, 0.15) is 22.5 Å². The molecule has 1 unspecified atom stereocenters. The van der Waals surface area contributed by atoms with Gasteiger partial charge in [-0.1, -0.05) is 12.1 Å². The second-order valence-corrected chi connectivity index (χ2v) is 8.10. The first-order valence-electron chi connectivity index (χ1n) is 9.69. The van der Waals surface area contributed by atoms with Gasteiger partial charge in [0.25, 0.3) is 5.91 Å². The van der Waals surface area contributed by atoms with E-state index in [4.69, 9.17) is 4.74 Å². The van der Waals surface area contributed by atoms with Gasteiger partial charge in [0.1, 0.15) is 11.8 Å². The fourth-order valence-electron chi connectivity index (χ4n) is 4.01. The number of methoxy groups -OCH3 is 1. The number of likely N-dealkylation sites (tertiary alicyclic amines) is 1. The highest BCUT2D eigenvalue weighted by molar-refractivity contribution is 7.12. The van der Waals surface area contributed by atoms with Crippen LogP contribution in [-0.4, -0.2) is 67.5 Å². The number of amides is 2. The van der Waals surface area contributed by atoms with E-state index in [1.807, 2.05) is 40.6 Å². The number of ether oxygens (including phenoxy) is 1. The van der Waals surface area contributed by atoms with E-state index >= 15 is 0 Å². The maximum atomic E-state index is 13.1. The van der Waals surface area contributed by atoms with Crippen molar-refractivity contribution in [1.82, 2.24) is 9.80 Å². The summed E-state index contributed by atoms with van der Waals surface area (Å²) in [6.07, 6.45) is 1.64. The highest BCUT2D eigenvalue weighted by Gasteiger charge is 2.37. The lowest BCUT2D eigenvalue weighted by Crippen LogP contribution is -2.54. The minimum atomic E-state index is -0.321. The molecule has 7 heteroatoms. The van der Waals surface area contributed by atoms with E-state index < -0.39 is 0 Å². The van der Waals surface area contributed by atoms with Gasteiger partial charge in [0.05, 0.1) is 12.0 Å². The van der Waals surface area contributed by atoms with Crippen LogP contribution in [0.2, 0.25) is 0 Å². The van der Waals surface area contributed by atoms with Crippen molar-refractivity contribution in [2.24, 2.45) is 0 Å². The molecule has 148 valence electrons. The van der Waals surface area contributed by atoms with Gasteiger partial charge in [-0.25, -0.2) is 0 Å².